The summed E-state index contributed by atoms with van der Waals surface area (Å²) in [5, 5.41) is -0.257. The number of carbonyl (C=O) groups excluding carboxylic acids is 2. The first kappa shape index (κ1) is 19.1. The highest BCUT2D eigenvalue weighted by atomic mass is 35.5. The van der Waals surface area contributed by atoms with Gasteiger partial charge in [-0.3, -0.25) is 4.79 Å². The minimum Gasteiger partial charge on any atom is -0.452 e. The minimum atomic E-state index is -1.20. The van der Waals surface area contributed by atoms with E-state index in [4.69, 9.17) is 16.3 Å². The second-order valence-corrected chi connectivity index (χ2v) is 8.96. The lowest BCUT2D eigenvalue weighted by atomic mass is 9.65. The lowest BCUT2D eigenvalue weighted by Crippen LogP contribution is -2.39. The van der Waals surface area contributed by atoms with Crippen LogP contribution in [-0.4, -0.2) is 36.0 Å². The van der Waals surface area contributed by atoms with Crippen LogP contribution in [-0.2, 0) is 9.53 Å². The quantitative estimate of drug-likeness (QED) is 0.578. The van der Waals surface area contributed by atoms with Crippen LogP contribution in [0.25, 0.3) is 0 Å². The molecule has 142 valence electrons. The maximum absolute atomic E-state index is 13.3. The zero-order valence-corrected chi connectivity index (χ0v) is 15.8. The van der Waals surface area contributed by atoms with Gasteiger partial charge in [0.15, 0.2) is 18.2 Å². The van der Waals surface area contributed by atoms with Gasteiger partial charge in [-0.15, -0.1) is 0 Å². The van der Waals surface area contributed by atoms with Crippen molar-refractivity contribution in [2.45, 2.75) is 46.1 Å². The third kappa shape index (κ3) is 3.70. The predicted octanol–water partition coefficient (Wildman–Crippen LogP) is 4.20. The molecule has 7 heteroatoms. The number of halogens is 3. The number of rotatable bonds is 3. The molecule has 2 aliphatic rings. The Hall–Kier alpha value is -1.69. The number of hydrogen-bond donors (Lipinski definition) is 0. The van der Waals surface area contributed by atoms with Crippen LogP contribution in [0.1, 0.15) is 50.4 Å². The molecule has 2 fully saturated rings. The Labute approximate surface area is 156 Å². The molecule has 1 heterocycles. The molecule has 1 amide bonds. The van der Waals surface area contributed by atoms with E-state index >= 15 is 0 Å². The van der Waals surface area contributed by atoms with Gasteiger partial charge in [-0.1, -0.05) is 32.4 Å². The molecular weight excluding hydrogens is 364 g/mol. The van der Waals surface area contributed by atoms with Gasteiger partial charge in [0.2, 0.25) is 0 Å². The van der Waals surface area contributed by atoms with E-state index in [-0.39, 0.29) is 33.4 Å². The lowest BCUT2D eigenvalue weighted by Gasteiger charge is -2.39. The van der Waals surface area contributed by atoms with E-state index < -0.39 is 24.2 Å². The van der Waals surface area contributed by atoms with E-state index in [1.807, 2.05) is 0 Å². The van der Waals surface area contributed by atoms with Gasteiger partial charge in [-0.05, 0) is 42.2 Å². The zero-order chi connectivity index (χ0) is 19.3. The van der Waals surface area contributed by atoms with Crippen LogP contribution in [0.5, 0.6) is 0 Å². The van der Waals surface area contributed by atoms with Crippen molar-refractivity contribution in [2.24, 2.45) is 10.8 Å². The van der Waals surface area contributed by atoms with E-state index in [0.717, 1.165) is 19.3 Å². The fraction of sp³-hybridized carbons (Fsp3) is 0.579. The highest BCUT2D eigenvalue weighted by molar-refractivity contribution is 6.33. The molecule has 2 atom stereocenters. The van der Waals surface area contributed by atoms with Crippen LogP contribution >= 0.6 is 11.6 Å². The SMILES string of the molecule is CC1(C)C[C@H]2C[C@@](C)(CN2C(=O)COC(=O)c2cc(F)c(F)cc2Cl)C1. The highest BCUT2D eigenvalue weighted by Gasteiger charge is 2.50. The first-order chi connectivity index (χ1) is 12.0. The molecule has 0 aromatic heterocycles. The van der Waals surface area contributed by atoms with Crippen LogP contribution in [0.15, 0.2) is 12.1 Å². The Bertz CT molecular complexity index is 767. The summed E-state index contributed by atoms with van der Waals surface area (Å²) in [6.45, 7) is 6.79. The van der Waals surface area contributed by atoms with Gasteiger partial charge < -0.3 is 9.64 Å². The highest BCUT2D eigenvalue weighted by Crippen LogP contribution is 2.52. The summed E-state index contributed by atoms with van der Waals surface area (Å²) >= 11 is 5.76. The van der Waals surface area contributed by atoms with Crippen molar-refractivity contribution >= 4 is 23.5 Å². The third-order valence-electron chi connectivity index (χ3n) is 5.29. The Morgan fingerprint density at radius 1 is 1.23 bits per heavy atom. The first-order valence-corrected chi connectivity index (χ1v) is 8.99. The Kier molecular flexibility index (Phi) is 4.76. The molecule has 1 aliphatic heterocycles. The van der Waals surface area contributed by atoms with Gasteiger partial charge in [0.1, 0.15) is 0 Å². The van der Waals surface area contributed by atoms with Crippen molar-refractivity contribution in [3.8, 4) is 0 Å². The predicted molar refractivity (Wildman–Crippen MR) is 92.9 cm³/mol. The average Bonchev–Trinajstić information content (AvgIpc) is 2.77. The fourth-order valence-corrected chi connectivity index (χ4v) is 4.95. The molecular formula is C19H22ClF2NO3. The molecule has 0 spiro atoms. The third-order valence-corrected chi connectivity index (χ3v) is 5.60. The Morgan fingerprint density at radius 2 is 1.88 bits per heavy atom. The zero-order valence-electron chi connectivity index (χ0n) is 15.1. The standard InChI is InChI=1S/C19H22ClF2NO3/c1-18(2)6-11-7-19(3,9-18)10-23(11)16(24)8-26-17(25)12-4-14(21)15(22)5-13(12)20/h4-5,11H,6-10H2,1-3H3/t11-,19+/m0/s1. The van der Waals surface area contributed by atoms with Gasteiger partial charge in [0, 0.05) is 12.6 Å². The summed E-state index contributed by atoms with van der Waals surface area (Å²) in [5.74, 6) is -3.57. The summed E-state index contributed by atoms with van der Waals surface area (Å²) in [5.41, 5.74) is -0.0514. The normalized spacial score (nSPS) is 26.7. The number of ether oxygens (including phenoxy) is 1. The summed E-state index contributed by atoms with van der Waals surface area (Å²) in [4.78, 5) is 26.4. The van der Waals surface area contributed by atoms with Crippen LogP contribution in [0.4, 0.5) is 8.78 Å². The van der Waals surface area contributed by atoms with Gasteiger partial charge >= 0.3 is 5.97 Å². The maximum atomic E-state index is 13.3. The van der Waals surface area contributed by atoms with Crippen LogP contribution < -0.4 is 0 Å². The largest absolute Gasteiger partial charge is 0.452 e. The van der Waals surface area contributed by atoms with Gasteiger partial charge in [0.25, 0.3) is 5.91 Å². The summed E-state index contributed by atoms with van der Waals surface area (Å²) < 4.78 is 31.4. The van der Waals surface area contributed by atoms with Gasteiger partial charge in [-0.2, -0.15) is 0 Å². The van der Waals surface area contributed by atoms with Crippen molar-refractivity contribution in [1.82, 2.24) is 4.90 Å². The Morgan fingerprint density at radius 3 is 2.58 bits per heavy atom. The number of fused-ring (bicyclic) bond motifs is 2. The van der Waals surface area contributed by atoms with Crippen LogP contribution in [0.3, 0.4) is 0 Å². The summed E-state index contributed by atoms with van der Waals surface area (Å²) in [6, 6.07) is 1.53. The average molecular weight is 386 g/mol. The van der Waals surface area contributed by atoms with Gasteiger partial charge in [0.05, 0.1) is 10.6 Å². The fourth-order valence-electron chi connectivity index (χ4n) is 4.72. The number of hydrogen-bond acceptors (Lipinski definition) is 3. The van der Waals surface area contributed by atoms with E-state index in [1.165, 1.54) is 0 Å². The summed E-state index contributed by atoms with van der Waals surface area (Å²) in [6.07, 6.45) is 2.91. The topological polar surface area (TPSA) is 46.6 Å². The first-order valence-electron chi connectivity index (χ1n) is 8.61. The van der Waals surface area contributed by atoms with Crippen LogP contribution in [0.2, 0.25) is 5.02 Å². The second-order valence-electron chi connectivity index (χ2n) is 8.56. The number of carbonyl (C=O) groups is 2. The number of likely N-dealkylation sites (tertiary alicyclic amines) is 1. The lowest BCUT2D eigenvalue weighted by molar-refractivity contribution is -0.135. The molecule has 1 saturated heterocycles. The van der Waals surface area contributed by atoms with E-state index in [9.17, 15) is 18.4 Å². The molecule has 0 radical (unpaired) electrons. The maximum Gasteiger partial charge on any atom is 0.340 e. The molecule has 2 bridgehead atoms. The summed E-state index contributed by atoms with van der Waals surface area (Å²) in [7, 11) is 0. The van der Waals surface area contributed by atoms with Crippen molar-refractivity contribution in [3.05, 3.63) is 34.4 Å². The van der Waals surface area contributed by atoms with Crippen molar-refractivity contribution in [3.63, 3.8) is 0 Å². The molecule has 1 aromatic rings. The smallest absolute Gasteiger partial charge is 0.340 e. The Balaban J connectivity index is 1.65. The molecule has 4 nitrogen and oxygen atoms in total. The number of benzene rings is 1. The van der Waals surface area contributed by atoms with Crippen molar-refractivity contribution in [1.29, 1.82) is 0 Å². The molecule has 3 rings (SSSR count). The molecule has 26 heavy (non-hydrogen) atoms. The second kappa shape index (κ2) is 6.48. The van der Waals surface area contributed by atoms with Crippen LogP contribution in [0, 0.1) is 22.5 Å². The molecule has 1 aromatic carbocycles. The minimum absolute atomic E-state index is 0.0788. The molecule has 0 N–H and O–H groups in total. The monoisotopic (exact) mass is 385 g/mol. The number of esters is 1. The van der Waals surface area contributed by atoms with Gasteiger partial charge in [-0.25, -0.2) is 13.6 Å². The molecule has 1 aliphatic carbocycles. The van der Waals surface area contributed by atoms with E-state index in [0.29, 0.717) is 18.7 Å². The van der Waals surface area contributed by atoms with Crippen molar-refractivity contribution < 1.29 is 23.1 Å². The van der Waals surface area contributed by atoms with E-state index in [2.05, 4.69) is 20.8 Å². The molecule has 1 saturated carbocycles. The van der Waals surface area contributed by atoms with Crippen molar-refractivity contribution in [2.75, 3.05) is 13.2 Å². The number of amides is 1. The number of nitrogens with zero attached hydrogens (tertiary/aromatic N) is 1. The molecule has 0 unspecified atom stereocenters. The van der Waals surface area contributed by atoms with E-state index in [1.54, 1.807) is 4.90 Å².